The summed E-state index contributed by atoms with van der Waals surface area (Å²) in [4.78, 5) is 11.3. The SMILES string of the molecule is Fc1ccc(OC2CCN(CCn3cccn3)CC2)cc1.O=C(O)C(F)(F)F. The van der Waals surface area contributed by atoms with Crippen LogP contribution in [0.5, 0.6) is 5.75 Å². The molecule has 2 heterocycles. The molecule has 2 aromatic rings. The number of nitrogens with zero attached hydrogens (tertiary/aromatic N) is 3. The number of benzene rings is 1. The molecule has 0 bridgehead atoms. The molecule has 0 aliphatic carbocycles. The van der Waals surface area contributed by atoms with E-state index in [1.165, 1.54) is 12.1 Å². The maximum Gasteiger partial charge on any atom is 0.490 e. The smallest absolute Gasteiger partial charge is 0.490 e. The maximum absolute atomic E-state index is 12.8. The normalized spacial score (nSPS) is 15.6. The minimum atomic E-state index is -5.08. The van der Waals surface area contributed by atoms with Crippen LogP contribution in [0.2, 0.25) is 0 Å². The lowest BCUT2D eigenvalue weighted by atomic mass is 10.1. The molecule has 0 spiro atoms. The first-order chi connectivity index (χ1) is 13.2. The number of alkyl halides is 3. The van der Waals surface area contributed by atoms with Crippen molar-refractivity contribution in [3.05, 3.63) is 48.5 Å². The number of halogens is 4. The highest BCUT2D eigenvalue weighted by molar-refractivity contribution is 5.73. The summed E-state index contributed by atoms with van der Waals surface area (Å²) in [6.45, 7) is 4.02. The van der Waals surface area contributed by atoms with E-state index < -0.39 is 12.1 Å². The fourth-order valence-corrected chi connectivity index (χ4v) is 2.63. The quantitative estimate of drug-likeness (QED) is 0.777. The number of piperidine rings is 1. The number of aromatic nitrogens is 2. The van der Waals surface area contributed by atoms with Gasteiger partial charge < -0.3 is 14.7 Å². The first-order valence-electron chi connectivity index (χ1n) is 8.66. The molecule has 28 heavy (non-hydrogen) atoms. The largest absolute Gasteiger partial charge is 0.490 e. The molecule has 6 nitrogen and oxygen atoms in total. The van der Waals surface area contributed by atoms with Gasteiger partial charge in [-0.1, -0.05) is 0 Å². The molecule has 1 aromatic heterocycles. The van der Waals surface area contributed by atoms with E-state index >= 15 is 0 Å². The maximum atomic E-state index is 12.8. The summed E-state index contributed by atoms with van der Waals surface area (Å²) in [5, 5.41) is 11.3. The highest BCUT2D eigenvalue weighted by Gasteiger charge is 2.38. The van der Waals surface area contributed by atoms with Crippen LogP contribution in [0.25, 0.3) is 0 Å². The number of carbonyl (C=O) groups is 1. The van der Waals surface area contributed by atoms with Gasteiger partial charge in [-0.3, -0.25) is 4.68 Å². The second-order valence-electron chi connectivity index (χ2n) is 6.18. The molecule has 1 aromatic carbocycles. The van der Waals surface area contributed by atoms with Gasteiger partial charge in [0.1, 0.15) is 17.7 Å². The monoisotopic (exact) mass is 403 g/mol. The predicted octanol–water partition coefficient (Wildman–Crippen LogP) is 3.20. The van der Waals surface area contributed by atoms with Gasteiger partial charge in [0.05, 0.1) is 6.54 Å². The van der Waals surface area contributed by atoms with Crippen molar-refractivity contribution >= 4 is 5.97 Å². The van der Waals surface area contributed by atoms with Gasteiger partial charge in [0.25, 0.3) is 0 Å². The summed E-state index contributed by atoms with van der Waals surface area (Å²) >= 11 is 0. The third-order valence-corrected chi connectivity index (χ3v) is 4.10. The first-order valence-corrected chi connectivity index (χ1v) is 8.66. The zero-order chi connectivity index (χ0) is 20.6. The fourth-order valence-electron chi connectivity index (χ4n) is 2.63. The van der Waals surface area contributed by atoms with Gasteiger partial charge in [0.2, 0.25) is 0 Å². The van der Waals surface area contributed by atoms with Gasteiger partial charge in [-0.15, -0.1) is 0 Å². The summed E-state index contributed by atoms with van der Waals surface area (Å²) in [7, 11) is 0. The third-order valence-electron chi connectivity index (χ3n) is 4.10. The lowest BCUT2D eigenvalue weighted by Gasteiger charge is -2.32. The Morgan fingerprint density at radius 2 is 1.79 bits per heavy atom. The molecule has 0 unspecified atom stereocenters. The Morgan fingerprint density at radius 3 is 2.29 bits per heavy atom. The summed E-state index contributed by atoms with van der Waals surface area (Å²) in [6.07, 6.45) is 0.969. The minimum Gasteiger partial charge on any atom is -0.490 e. The highest BCUT2D eigenvalue weighted by Crippen LogP contribution is 2.19. The van der Waals surface area contributed by atoms with Gasteiger partial charge in [-0.05, 0) is 43.2 Å². The molecule has 154 valence electrons. The summed E-state index contributed by atoms with van der Waals surface area (Å²) < 4.78 is 52.4. The fraction of sp³-hybridized carbons (Fsp3) is 0.444. The number of carboxylic acids is 1. The zero-order valence-electron chi connectivity index (χ0n) is 15.0. The van der Waals surface area contributed by atoms with Crippen LogP contribution in [-0.4, -0.2) is 57.7 Å². The molecule has 1 aliphatic heterocycles. The number of carboxylic acid groups (broad SMARTS) is 1. The Labute approximate surface area is 159 Å². The Morgan fingerprint density at radius 1 is 1.18 bits per heavy atom. The van der Waals surface area contributed by atoms with Crippen molar-refractivity contribution in [1.29, 1.82) is 0 Å². The van der Waals surface area contributed by atoms with E-state index in [0.717, 1.165) is 44.8 Å². The molecule has 1 fully saturated rings. The third kappa shape index (κ3) is 7.55. The van der Waals surface area contributed by atoms with Crippen molar-refractivity contribution in [1.82, 2.24) is 14.7 Å². The lowest BCUT2D eigenvalue weighted by molar-refractivity contribution is -0.192. The molecular formula is C18H21F4N3O3. The van der Waals surface area contributed by atoms with Crippen molar-refractivity contribution in [3.63, 3.8) is 0 Å². The Kier molecular flexibility index (Phi) is 7.80. The Balaban J connectivity index is 0.000000345. The van der Waals surface area contributed by atoms with Gasteiger partial charge in [0, 0.05) is 32.0 Å². The Hall–Kier alpha value is -2.62. The van der Waals surface area contributed by atoms with Crippen LogP contribution in [0.15, 0.2) is 42.7 Å². The molecule has 1 saturated heterocycles. The first kappa shape index (κ1) is 21.7. The molecule has 0 radical (unpaired) electrons. The molecule has 1 N–H and O–H groups in total. The van der Waals surface area contributed by atoms with Crippen molar-refractivity contribution in [3.8, 4) is 5.75 Å². The zero-order valence-corrected chi connectivity index (χ0v) is 15.0. The van der Waals surface area contributed by atoms with E-state index in [2.05, 4.69) is 10.00 Å². The van der Waals surface area contributed by atoms with E-state index in [-0.39, 0.29) is 11.9 Å². The van der Waals surface area contributed by atoms with E-state index in [4.69, 9.17) is 14.6 Å². The van der Waals surface area contributed by atoms with Crippen LogP contribution in [0.3, 0.4) is 0 Å². The van der Waals surface area contributed by atoms with Crippen molar-refractivity contribution in [2.45, 2.75) is 31.7 Å². The van der Waals surface area contributed by atoms with Crippen LogP contribution in [0.4, 0.5) is 17.6 Å². The van der Waals surface area contributed by atoms with Gasteiger partial charge in [-0.2, -0.15) is 18.3 Å². The standard InChI is InChI=1S/C16H20FN3O.C2HF3O2/c17-14-2-4-15(5-3-14)21-16-6-10-19(11-7-16)12-13-20-9-1-8-18-20;3-2(4,5)1(6)7/h1-5,8-9,16H,6-7,10-13H2;(H,6,7). The van der Waals surface area contributed by atoms with E-state index in [9.17, 15) is 17.6 Å². The highest BCUT2D eigenvalue weighted by atomic mass is 19.4. The van der Waals surface area contributed by atoms with Gasteiger partial charge >= 0.3 is 12.1 Å². The molecule has 0 saturated carbocycles. The summed E-state index contributed by atoms with van der Waals surface area (Å²) in [5.74, 6) is -2.23. The topological polar surface area (TPSA) is 67.6 Å². The molecule has 3 rings (SSSR count). The number of hydrogen-bond donors (Lipinski definition) is 1. The molecule has 1 aliphatic rings. The lowest BCUT2D eigenvalue weighted by Crippen LogP contribution is -2.39. The van der Waals surface area contributed by atoms with Crippen LogP contribution in [-0.2, 0) is 11.3 Å². The number of aliphatic carboxylic acids is 1. The summed E-state index contributed by atoms with van der Waals surface area (Å²) in [6, 6.07) is 8.21. The second-order valence-corrected chi connectivity index (χ2v) is 6.18. The molecule has 10 heteroatoms. The van der Waals surface area contributed by atoms with E-state index in [1.807, 2.05) is 23.1 Å². The summed E-state index contributed by atoms with van der Waals surface area (Å²) in [5.41, 5.74) is 0. The molecular weight excluding hydrogens is 382 g/mol. The van der Waals surface area contributed by atoms with Crippen molar-refractivity contribution in [2.24, 2.45) is 0 Å². The van der Waals surface area contributed by atoms with Crippen LogP contribution in [0.1, 0.15) is 12.8 Å². The van der Waals surface area contributed by atoms with E-state index in [0.29, 0.717) is 0 Å². The number of rotatable bonds is 5. The van der Waals surface area contributed by atoms with E-state index in [1.54, 1.807) is 12.1 Å². The van der Waals surface area contributed by atoms with Crippen LogP contribution in [0, 0.1) is 5.82 Å². The van der Waals surface area contributed by atoms with Gasteiger partial charge in [-0.25, -0.2) is 9.18 Å². The van der Waals surface area contributed by atoms with Crippen molar-refractivity contribution in [2.75, 3.05) is 19.6 Å². The second kappa shape index (κ2) is 10.1. The predicted molar refractivity (Wildman–Crippen MR) is 92.4 cm³/mol. The average molecular weight is 403 g/mol. The average Bonchev–Trinajstić information content (AvgIpc) is 3.16. The number of ether oxygens (including phenoxy) is 1. The Bertz CT molecular complexity index is 713. The van der Waals surface area contributed by atoms with Crippen LogP contribution >= 0.6 is 0 Å². The van der Waals surface area contributed by atoms with Crippen LogP contribution < -0.4 is 4.74 Å². The minimum absolute atomic E-state index is 0.226. The van der Waals surface area contributed by atoms with Gasteiger partial charge in [0.15, 0.2) is 0 Å². The molecule has 0 atom stereocenters. The number of hydrogen-bond acceptors (Lipinski definition) is 4. The number of likely N-dealkylation sites (tertiary alicyclic amines) is 1. The molecule has 0 amide bonds. The van der Waals surface area contributed by atoms with Crippen molar-refractivity contribution < 1.29 is 32.2 Å².